The summed E-state index contributed by atoms with van der Waals surface area (Å²) in [6, 6.07) is 4.90. The number of fused-ring (bicyclic) bond motifs is 1. The molecule has 0 spiro atoms. The smallest absolute Gasteiger partial charge is 0.278 e. The molecule has 1 amide bonds. The molecule has 7 heteroatoms. The number of rotatable bonds is 2. The Morgan fingerprint density at radius 3 is 2.65 bits per heavy atom. The Hall–Kier alpha value is -2.28. The van der Waals surface area contributed by atoms with Gasteiger partial charge in [-0.2, -0.15) is 0 Å². The van der Waals surface area contributed by atoms with E-state index in [0.717, 1.165) is 29.8 Å². The molecule has 0 bridgehead atoms. The Balaban J connectivity index is 1.98. The summed E-state index contributed by atoms with van der Waals surface area (Å²) in [6.07, 6.45) is 5.75. The van der Waals surface area contributed by atoms with Crippen molar-refractivity contribution >= 4 is 21.4 Å². The van der Waals surface area contributed by atoms with Gasteiger partial charge in [-0.15, -0.1) is 0 Å². The molecule has 6 nitrogen and oxygen atoms in total. The highest BCUT2D eigenvalue weighted by molar-refractivity contribution is 7.90. The number of hydrogen-bond acceptors (Lipinski definition) is 5. The molecule has 0 unspecified atom stereocenters. The molecule has 2 heterocycles. The van der Waals surface area contributed by atoms with E-state index in [9.17, 15) is 13.2 Å². The third kappa shape index (κ3) is 3.10. The summed E-state index contributed by atoms with van der Waals surface area (Å²) in [4.78, 5) is 22.8. The number of carbonyl (C=O) groups is 1. The zero-order chi connectivity index (χ0) is 16.6. The Morgan fingerprint density at radius 2 is 2.00 bits per heavy atom. The summed E-state index contributed by atoms with van der Waals surface area (Å²) in [6.45, 7) is 2.39. The fraction of sp³-hybridized carbons (Fsp3) is 0.312. The summed E-state index contributed by atoms with van der Waals surface area (Å²) in [7, 11) is -3.26. The van der Waals surface area contributed by atoms with Gasteiger partial charge in [-0.05, 0) is 43.5 Å². The monoisotopic (exact) mass is 331 g/mol. The SMILES string of the molecule is Cc1cnc(C(=O)N2CCCc3cc(S(C)(=O)=O)ccc32)cn1. The molecule has 23 heavy (non-hydrogen) atoms. The van der Waals surface area contributed by atoms with E-state index >= 15 is 0 Å². The Labute approximate surface area is 135 Å². The fourth-order valence-electron chi connectivity index (χ4n) is 2.66. The maximum atomic E-state index is 12.7. The van der Waals surface area contributed by atoms with Crippen molar-refractivity contribution in [1.29, 1.82) is 0 Å². The van der Waals surface area contributed by atoms with Crippen LogP contribution in [0.3, 0.4) is 0 Å². The summed E-state index contributed by atoms with van der Waals surface area (Å²) in [5, 5.41) is 0. The summed E-state index contributed by atoms with van der Waals surface area (Å²) in [5.41, 5.74) is 2.65. The van der Waals surface area contributed by atoms with Crippen molar-refractivity contribution in [2.75, 3.05) is 17.7 Å². The van der Waals surface area contributed by atoms with E-state index in [1.54, 1.807) is 29.3 Å². The van der Waals surface area contributed by atoms with E-state index in [-0.39, 0.29) is 16.5 Å². The van der Waals surface area contributed by atoms with Gasteiger partial charge in [-0.3, -0.25) is 9.78 Å². The van der Waals surface area contributed by atoms with Crippen molar-refractivity contribution in [3.63, 3.8) is 0 Å². The molecule has 0 fully saturated rings. The van der Waals surface area contributed by atoms with E-state index < -0.39 is 9.84 Å². The standard InChI is InChI=1S/C16H17N3O3S/c1-11-9-18-14(10-17-11)16(20)19-7-3-4-12-8-13(23(2,21)22)5-6-15(12)19/h5-6,8-10H,3-4,7H2,1-2H3. The van der Waals surface area contributed by atoms with Gasteiger partial charge in [0, 0.05) is 24.7 Å². The van der Waals surface area contributed by atoms with Crippen LogP contribution in [0, 0.1) is 6.92 Å². The molecule has 2 aromatic rings. The first-order chi connectivity index (χ1) is 10.9. The third-order valence-corrected chi connectivity index (χ3v) is 4.95. The van der Waals surface area contributed by atoms with Gasteiger partial charge >= 0.3 is 0 Å². The Bertz CT molecular complexity index is 861. The number of hydrogen-bond donors (Lipinski definition) is 0. The van der Waals surface area contributed by atoms with Gasteiger partial charge in [0.15, 0.2) is 9.84 Å². The van der Waals surface area contributed by atoms with Crippen molar-refractivity contribution in [2.24, 2.45) is 0 Å². The number of amides is 1. The maximum absolute atomic E-state index is 12.7. The molecule has 0 atom stereocenters. The van der Waals surface area contributed by atoms with Crippen LogP contribution in [0.4, 0.5) is 5.69 Å². The molecule has 3 rings (SSSR count). The first-order valence-corrected chi connectivity index (χ1v) is 9.19. The molecule has 1 aromatic carbocycles. The minimum atomic E-state index is -3.26. The highest BCUT2D eigenvalue weighted by Gasteiger charge is 2.25. The lowest BCUT2D eigenvalue weighted by atomic mass is 10.0. The fourth-order valence-corrected chi connectivity index (χ4v) is 3.33. The van der Waals surface area contributed by atoms with Crippen molar-refractivity contribution in [2.45, 2.75) is 24.7 Å². The number of anilines is 1. The molecular weight excluding hydrogens is 314 g/mol. The van der Waals surface area contributed by atoms with Gasteiger partial charge in [0.1, 0.15) is 5.69 Å². The lowest BCUT2D eigenvalue weighted by molar-refractivity contribution is 0.0980. The lowest BCUT2D eigenvalue weighted by Gasteiger charge is -2.29. The lowest BCUT2D eigenvalue weighted by Crippen LogP contribution is -2.36. The number of sulfone groups is 1. The van der Waals surface area contributed by atoms with E-state index in [1.165, 1.54) is 12.5 Å². The number of aromatic nitrogens is 2. The highest BCUT2D eigenvalue weighted by atomic mass is 32.2. The average Bonchev–Trinajstić information content (AvgIpc) is 2.53. The molecule has 1 aromatic heterocycles. The quantitative estimate of drug-likeness (QED) is 0.838. The van der Waals surface area contributed by atoms with Crippen LogP contribution in [0.2, 0.25) is 0 Å². The van der Waals surface area contributed by atoms with Gasteiger partial charge in [0.2, 0.25) is 0 Å². The highest BCUT2D eigenvalue weighted by Crippen LogP contribution is 2.30. The van der Waals surface area contributed by atoms with Crippen LogP contribution in [0.1, 0.15) is 28.2 Å². The van der Waals surface area contributed by atoms with E-state index in [0.29, 0.717) is 6.54 Å². The number of carbonyl (C=O) groups excluding carboxylic acids is 1. The third-order valence-electron chi connectivity index (χ3n) is 3.84. The van der Waals surface area contributed by atoms with Crippen LogP contribution in [-0.2, 0) is 16.3 Å². The van der Waals surface area contributed by atoms with E-state index in [2.05, 4.69) is 9.97 Å². The second-order valence-corrected chi connectivity index (χ2v) is 7.68. The normalized spacial score (nSPS) is 14.4. The topological polar surface area (TPSA) is 80.2 Å². The molecule has 0 saturated heterocycles. The van der Waals surface area contributed by atoms with Gasteiger partial charge in [-0.25, -0.2) is 13.4 Å². The zero-order valence-electron chi connectivity index (χ0n) is 13.0. The predicted molar refractivity (Wildman–Crippen MR) is 86.3 cm³/mol. The Morgan fingerprint density at radius 1 is 1.22 bits per heavy atom. The first-order valence-electron chi connectivity index (χ1n) is 7.30. The second kappa shape index (κ2) is 5.73. The molecule has 0 radical (unpaired) electrons. The predicted octanol–water partition coefficient (Wildman–Crippen LogP) is 1.78. The largest absolute Gasteiger partial charge is 0.307 e. The number of aryl methyl sites for hydroxylation is 2. The first kappa shape index (κ1) is 15.6. The van der Waals surface area contributed by atoms with Crippen LogP contribution >= 0.6 is 0 Å². The van der Waals surface area contributed by atoms with Gasteiger partial charge < -0.3 is 4.90 Å². The average molecular weight is 331 g/mol. The molecule has 0 aliphatic carbocycles. The van der Waals surface area contributed by atoms with Gasteiger partial charge in [0.25, 0.3) is 5.91 Å². The molecule has 0 saturated carbocycles. The minimum absolute atomic E-state index is 0.217. The van der Waals surface area contributed by atoms with Crippen molar-refractivity contribution in [3.8, 4) is 0 Å². The van der Waals surface area contributed by atoms with E-state index in [4.69, 9.17) is 0 Å². The van der Waals surface area contributed by atoms with Crippen LogP contribution in [0.15, 0.2) is 35.5 Å². The van der Waals surface area contributed by atoms with Gasteiger partial charge in [0.05, 0.1) is 16.8 Å². The van der Waals surface area contributed by atoms with Crippen LogP contribution < -0.4 is 4.90 Å². The van der Waals surface area contributed by atoms with Crippen molar-refractivity contribution < 1.29 is 13.2 Å². The van der Waals surface area contributed by atoms with Crippen LogP contribution in [0.5, 0.6) is 0 Å². The van der Waals surface area contributed by atoms with Crippen molar-refractivity contribution in [1.82, 2.24) is 9.97 Å². The zero-order valence-corrected chi connectivity index (χ0v) is 13.8. The van der Waals surface area contributed by atoms with Crippen LogP contribution in [-0.4, -0.2) is 37.1 Å². The maximum Gasteiger partial charge on any atom is 0.278 e. The van der Waals surface area contributed by atoms with Gasteiger partial charge in [-0.1, -0.05) is 0 Å². The molecule has 0 N–H and O–H groups in total. The molecular formula is C16H17N3O3S. The molecule has 1 aliphatic heterocycles. The van der Waals surface area contributed by atoms with E-state index in [1.807, 2.05) is 6.92 Å². The number of nitrogens with zero attached hydrogens (tertiary/aromatic N) is 3. The Kier molecular flexibility index (Phi) is 3.89. The summed E-state index contributed by atoms with van der Waals surface area (Å²) in [5.74, 6) is -0.217. The van der Waals surface area contributed by atoms with Crippen molar-refractivity contribution in [3.05, 3.63) is 47.5 Å². The molecule has 1 aliphatic rings. The second-order valence-electron chi connectivity index (χ2n) is 5.67. The number of benzene rings is 1. The minimum Gasteiger partial charge on any atom is -0.307 e. The summed E-state index contributed by atoms with van der Waals surface area (Å²) >= 11 is 0. The summed E-state index contributed by atoms with van der Waals surface area (Å²) < 4.78 is 23.4. The molecule has 120 valence electrons. The van der Waals surface area contributed by atoms with Crippen LogP contribution in [0.25, 0.3) is 0 Å².